The molecular weight excluding hydrogens is 254 g/mol. The summed E-state index contributed by atoms with van der Waals surface area (Å²) in [7, 11) is 1.60. The summed E-state index contributed by atoms with van der Waals surface area (Å²) in [4.78, 5) is 12.0. The molecule has 3 N–H and O–H groups in total. The first-order valence-corrected chi connectivity index (χ1v) is 7.16. The molecule has 0 atom stereocenters. The van der Waals surface area contributed by atoms with E-state index in [0.717, 1.165) is 32.5 Å². The monoisotopic (exact) mass is 277 g/mol. The second-order valence-electron chi connectivity index (χ2n) is 4.97. The van der Waals surface area contributed by atoms with Gasteiger partial charge in [0.25, 0.3) is 5.91 Å². The number of carbonyl (C=O) groups is 1. The van der Waals surface area contributed by atoms with Crippen LogP contribution in [0.5, 0.6) is 5.75 Å². The maximum atomic E-state index is 12.0. The van der Waals surface area contributed by atoms with E-state index in [1.807, 2.05) is 12.1 Å². The summed E-state index contributed by atoms with van der Waals surface area (Å²) in [6.07, 6.45) is 2.31. The molecule has 1 fully saturated rings. The molecule has 0 bridgehead atoms. The Hall–Kier alpha value is -1.59. The maximum absolute atomic E-state index is 12.0. The predicted molar refractivity (Wildman–Crippen MR) is 79.2 cm³/mol. The highest BCUT2D eigenvalue weighted by molar-refractivity contribution is 5.94. The van der Waals surface area contributed by atoms with Gasteiger partial charge in [-0.2, -0.15) is 0 Å². The molecule has 0 radical (unpaired) electrons. The van der Waals surface area contributed by atoms with Crippen molar-refractivity contribution >= 4 is 5.91 Å². The fourth-order valence-electron chi connectivity index (χ4n) is 2.34. The molecule has 1 amide bonds. The van der Waals surface area contributed by atoms with Crippen LogP contribution in [0.15, 0.2) is 24.3 Å². The van der Waals surface area contributed by atoms with Crippen molar-refractivity contribution in [3.05, 3.63) is 29.8 Å². The number of amides is 1. The van der Waals surface area contributed by atoms with Gasteiger partial charge in [0.05, 0.1) is 7.11 Å². The lowest BCUT2D eigenvalue weighted by molar-refractivity contribution is 0.0953. The predicted octanol–water partition coefficient (Wildman–Crippen LogP) is 0.767. The highest BCUT2D eigenvalue weighted by atomic mass is 16.5. The number of hydrogen-bond donors (Lipinski definition) is 3. The van der Waals surface area contributed by atoms with Gasteiger partial charge in [0.2, 0.25) is 0 Å². The van der Waals surface area contributed by atoms with Gasteiger partial charge in [0.1, 0.15) is 5.75 Å². The van der Waals surface area contributed by atoms with Crippen LogP contribution in [-0.4, -0.2) is 45.2 Å². The van der Waals surface area contributed by atoms with Crippen molar-refractivity contribution in [1.29, 1.82) is 0 Å². The van der Waals surface area contributed by atoms with Gasteiger partial charge in [0.15, 0.2) is 0 Å². The molecule has 20 heavy (non-hydrogen) atoms. The summed E-state index contributed by atoms with van der Waals surface area (Å²) in [5.74, 6) is 0.640. The summed E-state index contributed by atoms with van der Waals surface area (Å²) in [6, 6.07) is 7.76. The Balaban J connectivity index is 1.69. The third-order valence-electron chi connectivity index (χ3n) is 3.51. The largest absolute Gasteiger partial charge is 0.497 e. The van der Waals surface area contributed by atoms with Crippen LogP contribution in [0.4, 0.5) is 0 Å². The number of ether oxygens (including phenoxy) is 1. The number of carbonyl (C=O) groups excluding carboxylic acids is 1. The van der Waals surface area contributed by atoms with Crippen molar-refractivity contribution in [1.82, 2.24) is 16.0 Å². The molecule has 0 spiro atoms. The smallest absolute Gasteiger partial charge is 0.251 e. The molecule has 5 heteroatoms. The second-order valence-corrected chi connectivity index (χ2v) is 4.97. The van der Waals surface area contributed by atoms with E-state index in [1.54, 1.807) is 19.2 Å². The molecule has 1 aromatic carbocycles. The fraction of sp³-hybridized carbons (Fsp3) is 0.533. The van der Waals surface area contributed by atoms with E-state index in [9.17, 15) is 4.79 Å². The molecule has 1 aromatic rings. The third-order valence-corrected chi connectivity index (χ3v) is 3.51. The topological polar surface area (TPSA) is 62.4 Å². The zero-order valence-electron chi connectivity index (χ0n) is 11.9. The summed E-state index contributed by atoms with van der Waals surface area (Å²) in [6.45, 7) is 3.60. The average molecular weight is 277 g/mol. The van der Waals surface area contributed by atoms with Crippen LogP contribution in [-0.2, 0) is 0 Å². The molecule has 0 unspecified atom stereocenters. The van der Waals surface area contributed by atoms with E-state index in [1.165, 1.54) is 0 Å². The molecule has 5 nitrogen and oxygen atoms in total. The van der Waals surface area contributed by atoms with Crippen LogP contribution < -0.4 is 20.7 Å². The first-order chi connectivity index (χ1) is 9.79. The maximum Gasteiger partial charge on any atom is 0.251 e. The summed E-state index contributed by atoms with van der Waals surface area (Å²) in [5.41, 5.74) is 0.631. The standard InChI is InChI=1S/C15H23N3O2/c1-20-14-4-2-3-12(11-14)15(19)18-10-9-17-13-5-7-16-8-6-13/h2-4,11,13,16-17H,5-10H2,1H3,(H,18,19). The molecule has 1 saturated heterocycles. The summed E-state index contributed by atoms with van der Waals surface area (Å²) in [5, 5.41) is 9.72. The summed E-state index contributed by atoms with van der Waals surface area (Å²) < 4.78 is 5.11. The molecule has 0 aromatic heterocycles. The lowest BCUT2D eigenvalue weighted by atomic mass is 10.1. The normalized spacial score (nSPS) is 15.8. The number of hydrogen-bond acceptors (Lipinski definition) is 4. The number of rotatable bonds is 6. The molecule has 0 aliphatic carbocycles. The van der Waals surface area contributed by atoms with Crippen molar-refractivity contribution in [3.63, 3.8) is 0 Å². The van der Waals surface area contributed by atoms with Crippen LogP contribution >= 0.6 is 0 Å². The van der Waals surface area contributed by atoms with Crippen molar-refractivity contribution < 1.29 is 9.53 Å². The second kappa shape index (κ2) is 7.87. The van der Waals surface area contributed by atoms with Crippen LogP contribution in [0, 0.1) is 0 Å². The molecular formula is C15H23N3O2. The van der Waals surface area contributed by atoms with Crippen molar-refractivity contribution in [2.45, 2.75) is 18.9 Å². The highest BCUT2D eigenvalue weighted by Crippen LogP contribution is 2.12. The minimum Gasteiger partial charge on any atom is -0.497 e. The number of piperidine rings is 1. The zero-order chi connectivity index (χ0) is 14.2. The minimum atomic E-state index is -0.0592. The Labute approximate surface area is 120 Å². The summed E-state index contributed by atoms with van der Waals surface area (Å²) >= 11 is 0. The SMILES string of the molecule is COc1cccc(C(=O)NCCNC2CCNCC2)c1. The van der Waals surface area contributed by atoms with Crippen LogP contribution in [0.25, 0.3) is 0 Å². The van der Waals surface area contributed by atoms with E-state index in [4.69, 9.17) is 4.74 Å². The Kier molecular flexibility index (Phi) is 5.83. The Morgan fingerprint density at radius 2 is 2.15 bits per heavy atom. The quantitative estimate of drug-likeness (QED) is 0.672. The minimum absolute atomic E-state index is 0.0592. The number of methoxy groups -OCH3 is 1. The van der Waals surface area contributed by atoms with Gasteiger partial charge >= 0.3 is 0 Å². The Morgan fingerprint density at radius 3 is 2.90 bits per heavy atom. The van der Waals surface area contributed by atoms with Crippen molar-refractivity contribution in [2.75, 3.05) is 33.3 Å². The number of benzene rings is 1. The van der Waals surface area contributed by atoms with E-state index < -0.39 is 0 Å². The molecule has 2 rings (SSSR count). The van der Waals surface area contributed by atoms with Crippen LogP contribution in [0.2, 0.25) is 0 Å². The first-order valence-electron chi connectivity index (χ1n) is 7.16. The van der Waals surface area contributed by atoms with Gasteiger partial charge in [-0.15, -0.1) is 0 Å². The van der Waals surface area contributed by atoms with Gasteiger partial charge < -0.3 is 20.7 Å². The zero-order valence-corrected chi connectivity index (χ0v) is 11.9. The van der Waals surface area contributed by atoms with Gasteiger partial charge in [0, 0.05) is 24.7 Å². The lowest BCUT2D eigenvalue weighted by Crippen LogP contribution is -2.42. The number of nitrogens with one attached hydrogen (secondary N) is 3. The van der Waals surface area contributed by atoms with Crippen LogP contribution in [0.1, 0.15) is 23.2 Å². The van der Waals surface area contributed by atoms with Gasteiger partial charge in [-0.1, -0.05) is 6.07 Å². The third kappa shape index (κ3) is 4.51. The van der Waals surface area contributed by atoms with Gasteiger partial charge in [-0.05, 0) is 44.1 Å². The highest BCUT2D eigenvalue weighted by Gasteiger charge is 2.11. The molecule has 0 saturated carbocycles. The average Bonchev–Trinajstić information content (AvgIpc) is 2.52. The Morgan fingerprint density at radius 1 is 1.35 bits per heavy atom. The van der Waals surface area contributed by atoms with E-state index in [2.05, 4.69) is 16.0 Å². The lowest BCUT2D eigenvalue weighted by Gasteiger charge is -2.23. The van der Waals surface area contributed by atoms with E-state index in [-0.39, 0.29) is 5.91 Å². The first kappa shape index (κ1) is 14.8. The van der Waals surface area contributed by atoms with Crippen molar-refractivity contribution in [2.24, 2.45) is 0 Å². The molecule has 1 aliphatic heterocycles. The molecule has 1 aliphatic rings. The van der Waals surface area contributed by atoms with Gasteiger partial charge in [-0.3, -0.25) is 4.79 Å². The van der Waals surface area contributed by atoms with E-state index in [0.29, 0.717) is 23.9 Å². The van der Waals surface area contributed by atoms with Gasteiger partial charge in [-0.25, -0.2) is 0 Å². The van der Waals surface area contributed by atoms with Crippen molar-refractivity contribution in [3.8, 4) is 5.75 Å². The molecule has 1 heterocycles. The van der Waals surface area contributed by atoms with E-state index >= 15 is 0 Å². The fourth-order valence-corrected chi connectivity index (χ4v) is 2.34. The van der Waals surface area contributed by atoms with Crippen LogP contribution in [0.3, 0.4) is 0 Å². The molecule has 110 valence electrons. The Bertz CT molecular complexity index is 431.